The first-order chi connectivity index (χ1) is 20.7. The van der Waals surface area contributed by atoms with Gasteiger partial charge in [0.25, 0.3) is 0 Å². The molecule has 0 amide bonds. The van der Waals surface area contributed by atoms with Gasteiger partial charge in [-0.2, -0.15) is 0 Å². The van der Waals surface area contributed by atoms with Crippen molar-refractivity contribution in [2.45, 2.75) is 25.7 Å². The van der Waals surface area contributed by atoms with Crippen LogP contribution in [0.25, 0.3) is 33.4 Å². The molecular formula is C40H29NS. The predicted molar refractivity (Wildman–Crippen MR) is 178 cm³/mol. The molecule has 0 N–H and O–H groups in total. The van der Waals surface area contributed by atoms with Crippen LogP contribution in [0.4, 0.5) is 5.69 Å². The maximum absolute atomic E-state index is 3.80. The summed E-state index contributed by atoms with van der Waals surface area (Å²) < 4.78 is 1.33. The fourth-order valence-corrected chi connectivity index (χ4v) is 8.92. The number of rotatable bonds is 1. The van der Waals surface area contributed by atoms with Crippen LogP contribution in [-0.2, 0) is 5.41 Å². The standard InChI is InChI=1S/C40H29NS/c1-25-18-22-38-31(24-25)30-21-19-27(20-23-37(30)42-38)41-36-17-8-7-15-34(36)40(35-16-9-10-26(2)39(35)41)32-13-5-3-11-28(32)29-12-4-6-14-33(29)40/h3-9,11-18,20-24,26H,10H2,1-2H3. The number of thiophene rings is 1. The molecule has 1 spiro atoms. The van der Waals surface area contributed by atoms with Gasteiger partial charge in [0.05, 0.1) is 16.8 Å². The second-order valence-electron chi connectivity index (χ2n) is 11.9. The molecule has 9 rings (SSSR count). The lowest BCUT2D eigenvalue weighted by atomic mass is 9.62. The van der Waals surface area contributed by atoms with Gasteiger partial charge in [-0.25, -0.2) is 0 Å². The largest absolute Gasteiger partial charge is 0.307 e. The Kier molecular flexibility index (Phi) is 4.97. The van der Waals surface area contributed by atoms with Crippen LogP contribution < -0.4 is 4.90 Å². The van der Waals surface area contributed by atoms with Crippen molar-refractivity contribution in [3.05, 3.63) is 165 Å². The van der Waals surface area contributed by atoms with Gasteiger partial charge in [0.2, 0.25) is 0 Å². The van der Waals surface area contributed by atoms with Gasteiger partial charge in [-0.15, -0.1) is 11.3 Å². The summed E-state index contributed by atoms with van der Waals surface area (Å²) in [6.45, 7) is 4.56. The highest BCUT2D eigenvalue weighted by atomic mass is 32.1. The van der Waals surface area contributed by atoms with E-state index >= 15 is 0 Å². The molecule has 0 bridgehead atoms. The monoisotopic (exact) mass is 555 g/mol. The Balaban J connectivity index is 1.36. The number of aryl methyl sites for hydroxylation is 1. The van der Waals surface area contributed by atoms with Gasteiger partial charge in [-0.05, 0) is 83.2 Å². The predicted octanol–water partition coefficient (Wildman–Crippen LogP) is 10.4. The highest BCUT2D eigenvalue weighted by Gasteiger charge is 2.53. The molecule has 1 nitrogen and oxygen atoms in total. The summed E-state index contributed by atoms with van der Waals surface area (Å²) in [6.07, 6.45) is 12.6. The van der Waals surface area contributed by atoms with E-state index < -0.39 is 0 Å². The number of para-hydroxylation sites is 1. The summed E-state index contributed by atoms with van der Waals surface area (Å²) in [4.78, 5) is 3.81. The molecule has 4 aromatic carbocycles. The minimum absolute atomic E-state index is 0.355. The lowest BCUT2D eigenvalue weighted by molar-refractivity contribution is 0.605. The van der Waals surface area contributed by atoms with Crippen LogP contribution in [-0.4, -0.2) is 0 Å². The molecule has 42 heavy (non-hydrogen) atoms. The maximum atomic E-state index is 3.80. The SMILES string of the molecule is Cc1ccc2sc3c(c2c1)C=C=C(N1C2=C(C=CCC2C)C2(c4ccccc4-c4ccccc42)c2ccccc21)C=C3. The third-order valence-corrected chi connectivity index (χ3v) is 10.7. The van der Waals surface area contributed by atoms with Crippen LogP contribution in [0.5, 0.6) is 0 Å². The summed E-state index contributed by atoms with van der Waals surface area (Å²) in [5.41, 5.74) is 17.9. The molecule has 3 aliphatic carbocycles. The zero-order chi connectivity index (χ0) is 28.0. The van der Waals surface area contributed by atoms with Crippen molar-refractivity contribution in [1.29, 1.82) is 0 Å². The van der Waals surface area contributed by atoms with Gasteiger partial charge in [-0.3, -0.25) is 0 Å². The first-order valence-corrected chi connectivity index (χ1v) is 15.7. The molecule has 0 saturated heterocycles. The van der Waals surface area contributed by atoms with Crippen LogP contribution in [0.2, 0.25) is 0 Å². The molecule has 1 aromatic heterocycles. The van der Waals surface area contributed by atoms with Crippen LogP contribution in [0.15, 0.2) is 132 Å². The number of allylic oxidation sites excluding steroid dienone is 5. The molecule has 200 valence electrons. The van der Waals surface area contributed by atoms with Gasteiger partial charge in [-0.1, -0.05) is 103 Å². The van der Waals surface area contributed by atoms with Gasteiger partial charge in [0.15, 0.2) is 0 Å². The van der Waals surface area contributed by atoms with Crippen LogP contribution in [0.3, 0.4) is 0 Å². The summed E-state index contributed by atoms with van der Waals surface area (Å²) >= 11 is 1.87. The second-order valence-corrected chi connectivity index (χ2v) is 13.0. The quantitative estimate of drug-likeness (QED) is 0.186. The highest BCUT2D eigenvalue weighted by Crippen LogP contribution is 2.62. The van der Waals surface area contributed by atoms with Gasteiger partial charge < -0.3 is 4.90 Å². The molecule has 0 fully saturated rings. The number of hydrogen-bond acceptors (Lipinski definition) is 2. The number of fused-ring (bicyclic) bond motifs is 11. The molecule has 1 aliphatic heterocycles. The topological polar surface area (TPSA) is 3.24 Å². The fraction of sp³-hybridized carbons (Fsp3) is 0.125. The molecule has 1 unspecified atom stereocenters. The van der Waals surface area contributed by atoms with Crippen molar-refractivity contribution < 1.29 is 0 Å². The Morgan fingerprint density at radius 1 is 0.810 bits per heavy atom. The second kappa shape index (κ2) is 8.69. The van der Waals surface area contributed by atoms with E-state index in [2.05, 4.69) is 146 Å². The molecular weight excluding hydrogens is 527 g/mol. The molecule has 1 atom stereocenters. The Hall–Kier alpha value is -4.62. The minimum Gasteiger partial charge on any atom is -0.307 e. The Morgan fingerprint density at radius 2 is 1.52 bits per heavy atom. The van der Waals surface area contributed by atoms with E-state index in [0.717, 1.165) is 12.1 Å². The van der Waals surface area contributed by atoms with Crippen LogP contribution in [0.1, 0.15) is 46.0 Å². The lowest BCUT2D eigenvalue weighted by Gasteiger charge is -2.48. The van der Waals surface area contributed by atoms with Crippen molar-refractivity contribution >= 4 is 39.3 Å². The summed E-state index contributed by atoms with van der Waals surface area (Å²) in [7, 11) is 0. The maximum Gasteiger partial charge on any atom is 0.0888 e. The van der Waals surface area contributed by atoms with Gasteiger partial charge in [0.1, 0.15) is 0 Å². The first kappa shape index (κ1) is 24.0. The average molecular weight is 556 g/mol. The molecule has 5 aromatic rings. The number of benzene rings is 4. The zero-order valence-electron chi connectivity index (χ0n) is 23.7. The molecule has 0 saturated carbocycles. The first-order valence-electron chi connectivity index (χ1n) is 14.8. The normalized spacial score (nSPS) is 18.9. The number of anilines is 1. The molecule has 2 heterocycles. The third-order valence-electron chi connectivity index (χ3n) is 9.57. The third kappa shape index (κ3) is 3.04. The van der Waals surface area contributed by atoms with E-state index in [1.54, 1.807) is 0 Å². The van der Waals surface area contributed by atoms with Gasteiger partial charge in [0, 0.05) is 32.1 Å². The van der Waals surface area contributed by atoms with E-state index in [9.17, 15) is 0 Å². The van der Waals surface area contributed by atoms with Crippen molar-refractivity contribution in [3.8, 4) is 11.1 Å². The van der Waals surface area contributed by atoms with E-state index in [1.807, 2.05) is 11.3 Å². The van der Waals surface area contributed by atoms with E-state index in [0.29, 0.717) is 5.92 Å². The van der Waals surface area contributed by atoms with Crippen molar-refractivity contribution in [3.63, 3.8) is 0 Å². The summed E-state index contributed by atoms with van der Waals surface area (Å²) in [6, 6.07) is 33.9. The Bertz CT molecular complexity index is 2100. The summed E-state index contributed by atoms with van der Waals surface area (Å²) in [5.74, 6) is 0.360. The van der Waals surface area contributed by atoms with E-state index in [4.69, 9.17) is 0 Å². The molecule has 2 heteroatoms. The summed E-state index contributed by atoms with van der Waals surface area (Å²) in [5, 5.41) is 1.32. The average Bonchev–Trinajstić information content (AvgIpc) is 3.42. The van der Waals surface area contributed by atoms with Gasteiger partial charge >= 0.3 is 0 Å². The fourth-order valence-electron chi connectivity index (χ4n) is 7.86. The lowest BCUT2D eigenvalue weighted by Crippen LogP contribution is -2.42. The van der Waals surface area contributed by atoms with Crippen molar-refractivity contribution in [1.82, 2.24) is 0 Å². The van der Waals surface area contributed by atoms with Crippen molar-refractivity contribution in [2.75, 3.05) is 4.90 Å². The highest BCUT2D eigenvalue weighted by molar-refractivity contribution is 7.20. The molecule has 4 aliphatic rings. The van der Waals surface area contributed by atoms with E-state index in [-0.39, 0.29) is 5.41 Å². The number of nitrogens with zero attached hydrogens (tertiary/aromatic N) is 1. The van der Waals surface area contributed by atoms with Crippen LogP contribution in [0, 0.1) is 12.8 Å². The Morgan fingerprint density at radius 3 is 2.31 bits per heavy atom. The minimum atomic E-state index is -0.355. The van der Waals surface area contributed by atoms with Crippen molar-refractivity contribution in [2.24, 2.45) is 5.92 Å². The smallest absolute Gasteiger partial charge is 0.0888 e. The number of hydrogen-bond donors (Lipinski definition) is 0. The molecule has 0 radical (unpaired) electrons. The van der Waals surface area contributed by atoms with E-state index in [1.165, 1.54) is 70.9 Å². The zero-order valence-corrected chi connectivity index (χ0v) is 24.5. The Labute approximate surface area is 250 Å². The van der Waals surface area contributed by atoms with Crippen LogP contribution >= 0.6 is 11.3 Å².